The lowest BCUT2D eigenvalue weighted by Crippen LogP contribution is -2.45. The van der Waals surface area contributed by atoms with Gasteiger partial charge in [-0.1, -0.05) is 20.3 Å². The molecule has 100 valence electrons. The molecule has 0 spiro atoms. The van der Waals surface area contributed by atoms with E-state index in [4.69, 9.17) is 5.73 Å². The maximum absolute atomic E-state index is 6.01. The number of nitrogens with two attached hydrogens (primary N) is 1. The highest BCUT2D eigenvalue weighted by Gasteiger charge is 2.28. The third kappa shape index (κ3) is 2.55. The number of hydrogen-bond donors (Lipinski definition) is 1. The van der Waals surface area contributed by atoms with Crippen LogP contribution in [0.5, 0.6) is 0 Å². The Labute approximate surface area is 113 Å². The summed E-state index contributed by atoms with van der Waals surface area (Å²) in [6, 6.07) is 0.494. The summed E-state index contributed by atoms with van der Waals surface area (Å²) < 4.78 is 0. The molecule has 2 N–H and O–H groups in total. The van der Waals surface area contributed by atoms with Crippen LogP contribution in [0, 0.1) is 0 Å². The van der Waals surface area contributed by atoms with Gasteiger partial charge in [-0.15, -0.1) is 0 Å². The van der Waals surface area contributed by atoms with Crippen molar-refractivity contribution in [2.24, 2.45) is 0 Å². The molecule has 1 saturated heterocycles. The van der Waals surface area contributed by atoms with Crippen LogP contribution in [-0.4, -0.2) is 33.6 Å². The predicted octanol–water partition coefficient (Wildman–Crippen LogP) is 2.34. The highest BCUT2D eigenvalue weighted by Crippen LogP contribution is 2.31. The molecular weight excluding hydrogens is 244 g/mol. The van der Waals surface area contributed by atoms with Crippen LogP contribution in [0.15, 0.2) is 6.33 Å². The zero-order valence-corrected chi connectivity index (χ0v) is 12.2. The number of rotatable bonds is 3. The van der Waals surface area contributed by atoms with Crippen molar-refractivity contribution >= 4 is 23.4 Å². The molecule has 1 aliphatic rings. The van der Waals surface area contributed by atoms with Crippen LogP contribution >= 0.6 is 11.8 Å². The van der Waals surface area contributed by atoms with E-state index in [-0.39, 0.29) is 0 Å². The van der Waals surface area contributed by atoms with Gasteiger partial charge in [-0.05, 0) is 13.3 Å². The second-order valence-corrected chi connectivity index (χ2v) is 6.31. The number of nitrogen functional groups attached to an aromatic ring is 1. The van der Waals surface area contributed by atoms with E-state index in [0.29, 0.717) is 17.1 Å². The van der Waals surface area contributed by atoms with Gasteiger partial charge in [-0.2, -0.15) is 11.8 Å². The molecule has 5 heteroatoms. The van der Waals surface area contributed by atoms with E-state index in [9.17, 15) is 0 Å². The molecule has 2 rings (SSSR count). The molecule has 2 heterocycles. The molecule has 1 aromatic rings. The lowest BCUT2D eigenvalue weighted by Gasteiger charge is -2.39. The van der Waals surface area contributed by atoms with Crippen LogP contribution in [0.4, 0.5) is 11.6 Å². The van der Waals surface area contributed by atoms with Gasteiger partial charge in [-0.3, -0.25) is 0 Å². The summed E-state index contributed by atoms with van der Waals surface area (Å²) in [6.07, 6.45) is 3.60. The average molecular weight is 266 g/mol. The summed E-state index contributed by atoms with van der Waals surface area (Å²) in [7, 11) is 0. The van der Waals surface area contributed by atoms with Gasteiger partial charge < -0.3 is 10.6 Å². The molecule has 4 nitrogen and oxygen atoms in total. The average Bonchev–Trinajstić information content (AvgIpc) is 2.36. The van der Waals surface area contributed by atoms with E-state index in [2.05, 4.69) is 35.6 Å². The maximum atomic E-state index is 6.01. The monoisotopic (exact) mass is 266 g/mol. The Morgan fingerprint density at radius 3 is 2.94 bits per heavy atom. The lowest BCUT2D eigenvalue weighted by molar-refractivity contribution is 0.616. The fourth-order valence-electron chi connectivity index (χ4n) is 2.39. The maximum Gasteiger partial charge on any atom is 0.137 e. The highest BCUT2D eigenvalue weighted by molar-refractivity contribution is 8.00. The third-order valence-electron chi connectivity index (χ3n) is 3.61. The molecule has 0 bridgehead atoms. The minimum Gasteiger partial charge on any atom is -0.383 e. The van der Waals surface area contributed by atoms with Crippen molar-refractivity contribution in [3.05, 3.63) is 11.9 Å². The van der Waals surface area contributed by atoms with Crippen LogP contribution in [0.1, 0.15) is 32.8 Å². The SMILES string of the molecule is CCCc1c(N)ncnc1N1CCSC(C)C1C. The first-order chi connectivity index (χ1) is 8.65. The molecule has 18 heavy (non-hydrogen) atoms. The topological polar surface area (TPSA) is 55.0 Å². The van der Waals surface area contributed by atoms with Gasteiger partial charge in [0.1, 0.15) is 18.0 Å². The molecule has 2 unspecified atom stereocenters. The van der Waals surface area contributed by atoms with Gasteiger partial charge in [-0.25, -0.2) is 9.97 Å². The van der Waals surface area contributed by atoms with Gasteiger partial charge in [0, 0.05) is 29.2 Å². The van der Waals surface area contributed by atoms with E-state index in [1.54, 1.807) is 6.33 Å². The van der Waals surface area contributed by atoms with E-state index < -0.39 is 0 Å². The molecule has 0 amide bonds. The Morgan fingerprint density at radius 2 is 2.22 bits per heavy atom. The highest BCUT2D eigenvalue weighted by atomic mass is 32.2. The minimum absolute atomic E-state index is 0.494. The van der Waals surface area contributed by atoms with Crippen molar-refractivity contribution in [3.8, 4) is 0 Å². The van der Waals surface area contributed by atoms with Gasteiger partial charge in [0.2, 0.25) is 0 Å². The largest absolute Gasteiger partial charge is 0.383 e. The van der Waals surface area contributed by atoms with Crippen molar-refractivity contribution in [1.29, 1.82) is 0 Å². The van der Waals surface area contributed by atoms with E-state index in [0.717, 1.165) is 36.5 Å². The second-order valence-electron chi connectivity index (χ2n) is 4.82. The van der Waals surface area contributed by atoms with Gasteiger partial charge >= 0.3 is 0 Å². The lowest BCUT2D eigenvalue weighted by atomic mass is 10.1. The van der Waals surface area contributed by atoms with Crippen molar-refractivity contribution in [1.82, 2.24) is 9.97 Å². The Balaban J connectivity index is 2.34. The first-order valence-electron chi connectivity index (χ1n) is 6.62. The van der Waals surface area contributed by atoms with Gasteiger partial charge in [0.05, 0.1) is 0 Å². The minimum atomic E-state index is 0.494. The fraction of sp³-hybridized carbons (Fsp3) is 0.692. The standard InChI is InChI=1S/C13H22N4S/c1-4-5-11-12(14)15-8-16-13(11)17-6-7-18-10(3)9(17)2/h8-10H,4-7H2,1-3H3,(H2,14,15,16). The smallest absolute Gasteiger partial charge is 0.137 e. The zero-order valence-electron chi connectivity index (χ0n) is 11.4. The number of anilines is 2. The van der Waals surface area contributed by atoms with Crippen LogP contribution in [-0.2, 0) is 6.42 Å². The van der Waals surface area contributed by atoms with Crippen LogP contribution in [0.3, 0.4) is 0 Å². The summed E-state index contributed by atoms with van der Waals surface area (Å²) in [6.45, 7) is 7.76. The van der Waals surface area contributed by atoms with Crippen molar-refractivity contribution in [3.63, 3.8) is 0 Å². The molecule has 0 aromatic carbocycles. The van der Waals surface area contributed by atoms with Crippen molar-refractivity contribution in [2.45, 2.75) is 44.9 Å². The quantitative estimate of drug-likeness (QED) is 0.910. The molecule has 0 radical (unpaired) electrons. The fourth-order valence-corrected chi connectivity index (χ4v) is 3.48. The van der Waals surface area contributed by atoms with Crippen molar-refractivity contribution < 1.29 is 0 Å². The molecular formula is C13H22N4S. The summed E-state index contributed by atoms with van der Waals surface area (Å²) in [5.74, 6) is 2.84. The normalized spacial score (nSPS) is 24.3. The molecule has 1 aliphatic heterocycles. The van der Waals surface area contributed by atoms with Gasteiger partial charge in [0.15, 0.2) is 0 Å². The molecule has 1 aromatic heterocycles. The first kappa shape index (κ1) is 13.5. The summed E-state index contributed by atoms with van der Waals surface area (Å²) >= 11 is 2.03. The molecule has 2 atom stereocenters. The van der Waals surface area contributed by atoms with E-state index in [1.807, 2.05) is 11.8 Å². The summed E-state index contributed by atoms with van der Waals surface area (Å²) in [4.78, 5) is 11.0. The predicted molar refractivity (Wildman–Crippen MR) is 79.2 cm³/mol. The van der Waals surface area contributed by atoms with Crippen molar-refractivity contribution in [2.75, 3.05) is 22.9 Å². The number of hydrogen-bond acceptors (Lipinski definition) is 5. The Morgan fingerprint density at radius 1 is 1.44 bits per heavy atom. The van der Waals surface area contributed by atoms with E-state index in [1.165, 1.54) is 0 Å². The molecule has 0 aliphatic carbocycles. The molecule has 0 saturated carbocycles. The Kier molecular flexibility index (Phi) is 4.32. The van der Waals surface area contributed by atoms with Crippen LogP contribution in [0.25, 0.3) is 0 Å². The number of nitrogens with zero attached hydrogens (tertiary/aromatic N) is 3. The number of thioether (sulfide) groups is 1. The Bertz CT molecular complexity index is 410. The third-order valence-corrected chi connectivity index (χ3v) is 4.95. The Hall–Kier alpha value is -0.970. The van der Waals surface area contributed by atoms with Crippen LogP contribution < -0.4 is 10.6 Å². The van der Waals surface area contributed by atoms with Gasteiger partial charge in [0.25, 0.3) is 0 Å². The van der Waals surface area contributed by atoms with E-state index >= 15 is 0 Å². The number of aromatic nitrogens is 2. The second kappa shape index (κ2) is 5.78. The summed E-state index contributed by atoms with van der Waals surface area (Å²) in [5.41, 5.74) is 7.13. The summed E-state index contributed by atoms with van der Waals surface area (Å²) in [5, 5.41) is 0.629. The molecule has 1 fully saturated rings. The first-order valence-corrected chi connectivity index (χ1v) is 7.67. The van der Waals surface area contributed by atoms with Crippen LogP contribution in [0.2, 0.25) is 0 Å². The zero-order chi connectivity index (χ0) is 13.1.